The minimum atomic E-state index is -0.337. The van der Waals surface area contributed by atoms with E-state index in [1.807, 2.05) is 78.9 Å². The number of carbonyl (C=O) groups is 1. The van der Waals surface area contributed by atoms with Crippen LogP contribution >= 0.6 is 0 Å². The summed E-state index contributed by atoms with van der Waals surface area (Å²) in [5.74, 6) is 0.235. The van der Waals surface area contributed by atoms with Gasteiger partial charge in [-0.25, -0.2) is 4.79 Å². The third-order valence-corrected chi connectivity index (χ3v) is 3.77. The molecule has 3 aromatic rings. The molecule has 0 N–H and O–H groups in total. The van der Waals surface area contributed by atoms with Crippen molar-refractivity contribution in [2.24, 2.45) is 0 Å². The van der Waals surface area contributed by atoms with Crippen LogP contribution in [-0.2, 0) is 6.42 Å². The van der Waals surface area contributed by atoms with Gasteiger partial charge in [-0.2, -0.15) is 0 Å². The molecule has 2 heteroatoms. The molecule has 0 amide bonds. The molecule has 0 atom stereocenters. The van der Waals surface area contributed by atoms with Crippen LogP contribution in [-0.4, -0.2) is 5.97 Å². The van der Waals surface area contributed by atoms with E-state index in [0.717, 1.165) is 17.5 Å². The molecule has 0 aliphatic rings. The first-order chi connectivity index (χ1) is 11.3. The SMILES string of the molecule is CCc1ccc(C(=O)Oc2ccccc2-c2ccccc2)cc1. The van der Waals surface area contributed by atoms with Crippen LogP contribution in [0, 0.1) is 0 Å². The largest absolute Gasteiger partial charge is 0.422 e. The van der Waals surface area contributed by atoms with Gasteiger partial charge in [-0.3, -0.25) is 0 Å². The molecule has 23 heavy (non-hydrogen) atoms. The standard InChI is InChI=1S/C21H18O2/c1-2-16-12-14-18(15-13-16)21(22)23-20-11-7-6-10-19(20)17-8-4-3-5-9-17/h3-15H,2H2,1H3. The summed E-state index contributed by atoms with van der Waals surface area (Å²) < 4.78 is 5.62. The molecule has 0 aliphatic heterocycles. The van der Waals surface area contributed by atoms with Crippen LogP contribution in [0.25, 0.3) is 11.1 Å². The fourth-order valence-corrected chi connectivity index (χ4v) is 2.45. The van der Waals surface area contributed by atoms with Crippen molar-refractivity contribution in [3.63, 3.8) is 0 Å². The molecule has 0 saturated carbocycles. The maximum absolute atomic E-state index is 12.4. The van der Waals surface area contributed by atoms with Crippen LogP contribution in [0.5, 0.6) is 5.75 Å². The number of ether oxygens (including phenoxy) is 1. The molecule has 0 unspecified atom stereocenters. The van der Waals surface area contributed by atoms with Gasteiger partial charge in [0.2, 0.25) is 0 Å². The van der Waals surface area contributed by atoms with Gasteiger partial charge in [0.1, 0.15) is 5.75 Å². The van der Waals surface area contributed by atoms with Crippen LogP contribution < -0.4 is 4.74 Å². The fraction of sp³-hybridized carbons (Fsp3) is 0.0952. The van der Waals surface area contributed by atoms with Crippen molar-refractivity contribution < 1.29 is 9.53 Å². The Morgan fingerprint density at radius 2 is 1.48 bits per heavy atom. The Hall–Kier alpha value is -2.87. The fourth-order valence-electron chi connectivity index (χ4n) is 2.45. The Morgan fingerprint density at radius 3 is 2.17 bits per heavy atom. The lowest BCUT2D eigenvalue weighted by Gasteiger charge is -2.10. The first-order valence-corrected chi connectivity index (χ1v) is 7.73. The Morgan fingerprint density at radius 1 is 0.826 bits per heavy atom. The van der Waals surface area contributed by atoms with Crippen LogP contribution in [0.15, 0.2) is 78.9 Å². The molecule has 0 aliphatic carbocycles. The molecule has 3 aromatic carbocycles. The van der Waals surface area contributed by atoms with Crippen molar-refractivity contribution in [1.29, 1.82) is 0 Å². The van der Waals surface area contributed by atoms with E-state index < -0.39 is 0 Å². The number of benzene rings is 3. The summed E-state index contributed by atoms with van der Waals surface area (Å²) in [6.45, 7) is 2.09. The van der Waals surface area contributed by atoms with Crippen molar-refractivity contribution >= 4 is 5.97 Å². The predicted molar refractivity (Wildman–Crippen MR) is 92.7 cm³/mol. The Bertz CT molecular complexity index is 790. The maximum Gasteiger partial charge on any atom is 0.343 e. The lowest BCUT2D eigenvalue weighted by atomic mass is 10.0. The predicted octanol–water partition coefficient (Wildman–Crippen LogP) is 5.14. The molecule has 0 heterocycles. The number of esters is 1. The molecule has 0 fully saturated rings. The van der Waals surface area contributed by atoms with E-state index in [9.17, 15) is 4.79 Å². The van der Waals surface area contributed by atoms with Gasteiger partial charge >= 0.3 is 5.97 Å². The lowest BCUT2D eigenvalue weighted by molar-refractivity contribution is 0.0735. The van der Waals surface area contributed by atoms with E-state index in [1.165, 1.54) is 5.56 Å². The summed E-state index contributed by atoms with van der Waals surface area (Å²) in [6, 6.07) is 25.0. The number of carbonyl (C=O) groups excluding carboxylic acids is 1. The summed E-state index contributed by atoms with van der Waals surface area (Å²) in [5, 5.41) is 0. The second-order valence-electron chi connectivity index (χ2n) is 5.30. The summed E-state index contributed by atoms with van der Waals surface area (Å²) in [4.78, 5) is 12.4. The van der Waals surface area contributed by atoms with Crippen LogP contribution in [0.2, 0.25) is 0 Å². The number of para-hydroxylation sites is 1. The van der Waals surface area contributed by atoms with Gasteiger partial charge in [0.05, 0.1) is 5.56 Å². The monoisotopic (exact) mass is 302 g/mol. The molecule has 0 saturated heterocycles. The zero-order chi connectivity index (χ0) is 16.1. The van der Waals surface area contributed by atoms with Crippen molar-refractivity contribution in [3.05, 3.63) is 90.0 Å². The highest BCUT2D eigenvalue weighted by Crippen LogP contribution is 2.30. The van der Waals surface area contributed by atoms with E-state index >= 15 is 0 Å². The molecule has 3 rings (SSSR count). The normalized spacial score (nSPS) is 10.3. The Balaban J connectivity index is 1.86. The first kappa shape index (κ1) is 15.0. The van der Waals surface area contributed by atoms with E-state index in [0.29, 0.717) is 11.3 Å². The molecular weight excluding hydrogens is 284 g/mol. The van der Waals surface area contributed by atoms with Crippen LogP contribution in [0.3, 0.4) is 0 Å². The van der Waals surface area contributed by atoms with E-state index in [2.05, 4.69) is 6.92 Å². The Labute approximate surface area is 136 Å². The van der Waals surface area contributed by atoms with Crippen molar-refractivity contribution in [3.8, 4) is 16.9 Å². The number of hydrogen-bond acceptors (Lipinski definition) is 2. The van der Waals surface area contributed by atoms with Crippen LogP contribution in [0.1, 0.15) is 22.8 Å². The minimum Gasteiger partial charge on any atom is -0.422 e. The molecule has 2 nitrogen and oxygen atoms in total. The highest BCUT2D eigenvalue weighted by molar-refractivity contribution is 5.92. The molecule has 0 aromatic heterocycles. The smallest absolute Gasteiger partial charge is 0.343 e. The highest BCUT2D eigenvalue weighted by atomic mass is 16.5. The third-order valence-electron chi connectivity index (χ3n) is 3.77. The zero-order valence-electron chi connectivity index (χ0n) is 13.0. The lowest BCUT2D eigenvalue weighted by Crippen LogP contribution is -2.09. The average Bonchev–Trinajstić information content (AvgIpc) is 2.63. The molecule has 0 radical (unpaired) electrons. The second kappa shape index (κ2) is 6.93. The maximum atomic E-state index is 12.4. The first-order valence-electron chi connectivity index (χ1n) is 7.73. The van der Waals surface area contributed by atoms with Crippen molar-refractivity contribution in [1.82, 2.24) is 0 Å². The average molecular weight is 302 g/mol. The second-order valence-corrected chi connectivity index (χ2v) is 5.30. The number of rotatable bonds is 4. The van der Waals surface area contributed by atoms with E-state index in [-0.39, 0.29) is 5.97 Å². The minimum absolute atomic E-state index is 0.337. The van der Waals surface area contributed by atoms with Gasteiger partial charge < -0.3 is 4.74 Å². The summed E-state index contributed by atoms with van der Waals surface area (Å²) in [5.41, 5.74) is 3.69. The quantitative estimate of drug-likeness (QED) is 0.493. The summed E-state index contributed by atoms with van der Waals surface area (Å²) in [6.07, 6.45) is 0.951. The molecule has 0 spiro atoms. The molecular formula is C21H18O2. The number of hydrogen-bond donors (Lipinski definition) is 0. The van der Waals surface area contributed by atoms with Gasteiger partial charge in [-0.15, -0.1) is 0 Å². The van der Waals surface area contributed by atoms with Gasteiger partial charge in [0.25, 0.3) is 0 Å². The molecule has 114 valence electrons. The van der Waals surface area contributed by atoms with Crippen LogP contribution in [0.4, 0.5) is 0 Å². The number of aryl methyl sites for hydroxylation is 1. The van der Waals surface area contributed by atoms with E-state index in [1.54, 1.807) is 0 Å². The highest BCUT2D eigenvalue weighted by Gasteiger charge is 2.12. The summed E-state index contributed by atoms with van der Waals surface area (Å²) in [7, 11) is 0. The summed E-state index contributed by atoms with van der Waals surface area (Å²) >= 11 is 0. The van der Waals surface area contributed by atoms with Crippen molar-refractivity contribution in [2.75, 3.05) is 0 Å². The third kappa shape index (κ3) is 3.49. The van der Waals surface area contributed by atoms with Gasteiger partial charge in [-0.05, 0) is 35.7 Å². The zero-order valence-corrected chi connectivity index (χ0v) is 13.0. The van der Waals surface area contributed by atoms with Gasteiger partial charge in [0.15, 0.2) is 0 Å². The van der Waals surface area contributed by atoms with Gasteiger partial charge in [-0.1, -0.05) is 67.6 Å². The molecule has 0 bridgehead atoms. The topological polar surface area (TPSA) is 26.3 Å². The Kier molecular flexibility index (Phi) is 4.53. The van der Waals surface area contributed by atoms with E-state index in [4.69, 9.17) is 4.74 Å². The van der Waals surface area contributed by atoms with Crippen molar-refractivity contribution in [2.45, 2.75) is 13.3 Å². The van der Waals surface area contributed by atoms with Gasteiger partial charge in [0, 0.05) is 5.56 Å².